The summed E-state index contributed by atoms with van der Waals surface area (Å²) in [4.78, 5) is 2.43. The Morgan fingerprint density at radius 3 is 2.23 bits per heavy atom. The summed E-state index contributed by atoms with van der Waals surface area (Å²) in [6.07, 6.45) is 0. The average molecular weight is 372 g/mol. The summed E-state index contributed by atoms with van der Waals surface area (Å²) in [6, 6.07) is 18.7. The summed E-state index contributed by atoms with van der Waals surface area (Å²) in [5.74, 6) is 0.864. The van der Waals surface area contributed by atoms with Crippen LogP contribution >= 0.6 is 12.2 Å². The first-order chi connectivity index (χ1) is 12.7. The van der Waals surface area contributed by atoms with Gasteiger partial charge in [0.1, 0.15) is 5.75 Å². The smallest absolute Gasteiger partial charge is 0.170 e. The van der Waals surface area contributed by atoms with Gasteiger partial charge >= 0.3 is 0 Å². The Balaban J connectivity index is 1.95. The molecule has 4 nitrogen and oxygen atoms in total. The normalized spacial score (nSPS) is 11.8. The van der Waals surface area contributed by atoms with Crippen molar-refractivity contribution in [1.29, 1.82) is 0 Å². The van der Waals surface area contributed by atoms with Crippen LogP contribution in [0.1, 0.15) is 32.4 Å². The van der Waals surface area contributed by atoms with E-state index < -0.39 is 0 Å². The summed E-state index contributed by atoms with van der Waals surface area (Å²) in [7, 11) is 0. The minimum atomic E-state index is 0.284. The monoisotopic (exact) mass is 371 g/mol. The largest absolute Gasteiger partial charge is 0.494 e. The van der Waals surface area contributed by atoms with Crippen molar-refractivity contribution < 1.29 is 4.74 Å². The summed E-state index contributed by atoms with van der Waals surface area (Å²) in [5.41, 5.74) is 2.25. The number of thiocarbonyl (C=S) groups is 1. The van der Waals surface area contributed by atoms with Gasteiger partial charge < -0.3 is 15.4 Å². The molecule has 26 heavy (non-hydrogen) atoms. The van der Waals surface area contributed by atoms with Crippen LogP contribution in [0, 0.1) is 0 Å². The van der Waals surface area contributed by atoms with Gasteiger partial charge in [-0.1, -0.05) is 44.2 Å². The molecule has 0 amide bonds. The number of ether oxygens (including phenoxy) is 1. The number of hydrogen-bond acceptors (Lipinski definition) is 3. The van der Waals surface area contributed by atoms with E-state index in [0.29, 0.717) is 11.7 Å². The van der Waals surface area contributed by atoms with E-state index in [0.717, 1.165) is 31.1 Å². The van der Waals surface area contributed by atoms with Gasteiger partial charge in [-0.05, 0) is 62.1 Å². The zero-order chi connectivity index (χ0) is 18.8. The van der Waals surface area contributed by atoms with Crippen LogP contribution < -0.4 is 15.4 Å². The van der Waals surface area contributed by atoms with Gasteiger partial charge in [0.15, 0.2) is 5.11 Å². The molecule has 140 valence electrons. The van der Waals surface area contributed by atoms with E-state index in [9.17, 15) is 0 Å². The Labute approximate surface area is 162 Å². The number of hydrogen-bond donors (Lipinski definition) is 2. The maximum absolute atomic E-state index is 5.48. The minimum absolute atomic E-state index is 0.284. The van der Waals surface area contributed by atoms with E-state index in [-0.39, 0.29) is 6.04 Å². The summed E-state index contributed by atoms with van der Waals surface area (Å²) < 4.78 is 5.46. The molecule has 0 radical (unpaired) electrons. The lowest BCUT2D eigenvalue weighted by atomic mass is 10.1. The fourth-order valence-electron chi connectivity index (χ4n) is 2.96. The number of nitrogens with one attached hydrogen (secondary N) is 2. The van der Waals surface area contributed by atoms with Crippen molar-refractivity contribution in [3.8, 4) is 5.75 Å². The predicted octanol–water partition coefficient (Wildman–Crippen LogP) is 4.45. The van der Waals surface area contributed by atoms with E-state index in [1.54, 1.807) is 0 Å². The Kier molecular flexibility index (Phi) is 8.38. The highest BCUT2D eigenvalue weighted by Gasteiger charge is 2.17. The van der Waals surface area contributed by atoms with Crippen LogP contribution in [0.3, 0.4) is 0 Å². The quantitative estimate of drug-likeness (QED) is 0.637. The van der Waals surface area contributed by atoms with Crippen molar-refractivity contribution >= 4 is 23.0 Å². The second-order valence-corrected chi connectivity index (χ2v) is 6.35. The van der Waals surface area contributed by atoms with Crippen LogP contribution in [0.15, 0.2) is 54.6 Å². The third-order valence-electron chi connectivity index (χ3n) is 4.32. The SMILES string of the molecule is CCOc1ccc(NC(=S)NC[C@H](c2ccccc2)N(CC)CC)cc1. The maximum Gasteiger partial charge on any atom is 0.170 e. The van der Waals surface area contributed by atoms with Crippen molar-refractivity contribution in [1.82, 2.24) is 10.2 Å². The first-order valence-corrected chi connectivity index (χ1v) is 9.65. The lowest BCUT2D eigenvalue weighted by Crippen LogP contribution is -2.39. The van der Waals surface area contributed by atoms with Crippen LogP contribution in [0.4, 0.5) is 5.69 Å². The third-order valence-corrected chi connectivity index (χ3v) is 4.56. The van der Waals surface area contributed by atoms with Gasteiger partial charge in [0.05, 0.1) is 12.6 Å². The zero-order valence-corrected chi connectivity index (χ0v) is 16.7. The molecule has 0 fully saturated rings. The first kappa shape index (κ1) is 20.2. The molecule has 5 heteroatoms. The topological polar surface area (TPSA) is 36.5 Å². The Morgan fingerprint density at radius 1 is 1.00 bits per heavy atom. The highest BCUT2D eigenvalue weighted by Crippen LogP contribution is 2.20. The number of likely N-dealkylation sites (N-methyl/N-ethyl adjacent to an activating group) is 1. The van der Waals surface area contributed by atoms with Gasteiger partial charge in [0.2, 0.25) is 0 Å². The third kappa shape index (κ3) is 6.00. The van der Waals surface area contributed by atoms with Gasteiger partial charge in [-0.25, -0.2) is 0 Å². The van der Waals surface area contributed by atoms with E-state index in [4.69, 9.17) is 17.0 Å². The van der Waals surface area contributed by atoms with E-state index in [1.165, 1.54) is 5.56 Å². The summed E-state index contributed by atoms with van der Waals surface area (Å²) in [5, 5.41) is 7.23. The molecule has 0 heterocycles. The van der Waals surface area contributed by atoms with Crippen molar-refractivity contribution in [2.45, 2.75) is 26.8 Å². The summed E-state index contributed by atoms with van der Waals surface area (Å²) >= 11 is 5.48. The average Bonchev–Trinajstić information content (AvgIpc) is 2.67. The molecular formula is C21H29N3OS. The molecule has 0 bridgehead atoms. The molecule has 2 aromatic carbocycles. The molecular weight excluding hydrogens is 342 g/mol. The van der Waals surface area contributed by atoms with Crippen LogP contribution in [0.5, 0.6) is 5.75 Å². The lowest BCUT2D eigenvalue weighted by Gasteiger charge is -2.30. The van der Waals surface area contributed by atoms with E-state index >= 15 is 0 Å². The van der Waals surface area contributed by atoms with Crippen molar-refractivity contribution in [3.63, 3.8) is 0 Å². The van der Waals surface area contributed by atoms with Gasteiger partial charge in [0, 0.05) is 12.2 Å². The van der Waals surface area contributed by atoms with Crippen LogP contribution in [0.2, 0.25) is 0 Å². The van der Waals surface area contributed by atoms with Crippen molar-refractivity contribution in [3.05, 3.63) is 60.2 Å². The van der Waals surface area contributed by atoms with Crippen LogP contribution in [-0.2, 0) is 0 Å². The first-order valence-electron chi connectivity index (χ1n) is 9.24. The highest BCUT2D eigenvalue weighted by atomic mass is 32.1. The molecule has 2 rings (SSSR count). The molecule has 0 aromatic heterocycles. The molecule has 0 unspecified atom stereocenters. The molecule has 0 aliphatic heterocycles. The highest BCUT2D eigenvalue weighted by molar-refractivity contribution is 7.80. The summed E-state index contributed by atoms with van der Waals surface area (Å²) in [6.45, 7) is 9.78. The molecule has 0 aliphatic rings. The molecule has 0 spiro atoms. The molecule has 2 aromatic rings. The number of anilines is 1. The van der Waals surface area contributed by atoms with Gasteiger partial charge in [-0.2, -0.15) is 0 Å². The van der Waals surface area contributed by atoms with E-state index in [2.05, 4.69) is 53.6 Å². The Hall–Kier alpha value is -2.11. The minimum Gasteiger partial charge on any atom is -0.494 e. The fourth-order valence-corrected chi connectivity index (χ4v) is 3.16. The molecule has 2 N–H and O–H groups in total. The second kappa shape index (κ2) is 10.8. The predicted molar refractivity (Wildman–Crippen MR) is 114 cm³/mol. The lowest BCUT2D eigenvalue weighted by molar-refractivity contribution is 0.219. The molecule has 1 atom stereocenters. The molecule has 0 saturated heterocycles. The molecule has 0 aliphatic carbocycles. The van der Waals surface area contributed by atoms with Gasteiger partial charge in [0.25, 0.3) is 0 Å². The van der Waals surface area contributed by atoms with Crippen LogP contribution in [-0.4, -0.2) is 36.3 Å². The maximum atomic E-state index is 5.48. The second-order valence-electron chi connectivity index (χ2n) is 5.94. The Morgan fingerprint density at radius 2 is 1.65 bits per heavy atom. The zero-order valence-electron chi connectivity index (χ0n) is 15.9. The fraction of sp³-hybridized carbons (Fsp3) is 0.381. The number of rotatable bonds is 9. The molecule has 0 saturated carbocycles. The van der Waals surface area contributed by atoms with Crippen molar-refractivity contribution in [2.75, 3.05) is 31.6 Å². The number of nitrogens with zero attached hydrogens (tertiary/aromatic N) is 1. The van der Waals surface area contributed by atoms with Crippen LogP contribution in [0.25, 0.3) is 0 Å². The standard InChI is InChI=1S/C21H29N3OS/c1-4-24(5-2)20(17-10-8-7-9-11-17)16-22-21(26)23-18-12-14-19(15-13-18)25-6-3/h7-15,20H,4-6,16H2,1-3H3,(H2,22,23,26)/t20-/m1/s1. The van der Waals surface area contributed by atoms with Crippen molar-refractivity contribution in [2.24, 2.45) is 0 Å². The Bertz CT molecular complexity index is 657. The van der Waals surface area contributed by atoms with E-state index in [1.807, 2.05) is 37.3 Å². The van der Waals surface area contributed by atoms with Gasteiger partial charge in [-0.3, -0.25) is 4.90 Å². The van der Waals surface area contributed by atoms with Gasteiger partial charge in [-0.15, -0.1) is 0 Å². The number of benzene rings is 2.